The molecule has 0 aliphatic heterocycles. The Labute approximate surface area is 109 Å². The van der Waals surface area contributed by atoms with E-state index in [1.165, 1.54) is 13.5 Å². The average Bonchev–Trinajstić information content (AvgIpc) is 2.85. The molecule has 0 aliphatic carbocycles. The third-order valence-electron chi connectivity index (χ3n) is 2.56. The van der Waals surface area contributed by atoms with E-state index >= 15 is 0 Å². The molecule has 0 radical (unpaired) electrons. The van der Waals surface area contributed by atoms with Crippen LogP contribution in [0.25, 0.3) is 0 Å². The Balaban J connectivity index is 2.36. The van der Waals surface area contributed by atoms with Crippen molar-refractivity contribution in [2.45, 2.75) is 6.92 Å². The number of nitrogens with zero attached hydrogens (tertiary/aromatic N) is 2. The standard InChI is InChI=1S/C13H11N3O3/c1-8-12(19-7-15-8)13(17)16-11-9(6-14)4-3-5-10(11)18-2/h3-5,7H,1-2H3,(H,16,17). The number of ether oxygens (including phenoxy) is 1. The molecule has 96 valence electrons. The molecule has 1 N–H and O–H groups in total. The van der Waals surface area contributed by atoms with Gasteiger partial charge in [-0.1, -0.05) is 6.07 Å². The number of amides is 1. The maximum absolute atomic E-state index is 12.0. The van der Waals surface area contributed by atoms with Gasteiger partial charge in [0.1, 0.15) is 17.5 Å². The first kappa shape index (κ1) is 12.6. The number of para-hydroxylation sites is 1. The third kappa shape index (κ3) is 2.40. The summed E-state index contributed by atoms with van der Waals surface area (Å²) in [6.07, 6.45) is 1.19. The Hall–Kier alpha value is -2.81. The van der Waals surface area contributed by atoms with Crippen molar-refractivity contribution in [2.24, 2.45) is 0 Å². The molecule has 0 spiro atoms. The Morgan fingerprint density at radius 2 is 2.32 bits per heavy atom. The van der Waals surface area contributed by atoms with Crippen molar-refractivity contribution in [2.75, 3.05) is 12.4 Å². The van der Waals surface area contributed by atoms with Gasteiger partial charge in [0.2, 0.25) is 5.76 Å². The first-order chi connectivity index (χ1) is 9.17. The van der Waals surface area contributed by atoms with E-state index in [0.29, 0.717) is 22.7 Å². The molecular weight excluding hydrogens is 246 g/mol. The Kier molecular flexibility index (Phi) is 3.48. The van der Waals surface area contributed by atoms with E-state index in [2.05, 4.69) is 10.3 Å². The van der Waals surface area contributed by atoms with Crippen molar-refractivity contribution in [3.05, 3.63) is 41.6 Å². The molecule has 2 rings (SSSR count). The molecule has 0 unspecified atom stereocenters. The van der Waals surface area contributed by atoms with Gasteiger partial charge in [-0.25, -0.2) is 4.98 Å². The maximum atomic E-state index is 12.0. The zero-order valence-electron chi connectivity index (χ0n) is 10.4. The molecule has 0 saturated carbocycles. The fourth-order valence-electron chi connectivity index (χ4n) is 1.61. The predicted molar refractivity (Wildman–Crippen MR) is 66.9 cm³/mol. The molecule has 6 nitrogen and oxygen atoms in total. The summed E-state index contributed by atoms with van der Waals surface area (Å²) >= 11 is 0. The summed E-state index contributed by atoms with van der Waals surface area (Å²) in [5.41, 5.74) is 1.10. The van der Waals surface area contributed by atoms with Crippen molar-refractivity contribution in [3.8, 4) is 11.8 Å². The SMILES string of the molecule is COc1cccc(C#N)c1NC(=O)c1ocnc1C. The summed E-state index contributed by atoms with van der Waals surface area (Å²) in [6.45, 7) is 1.66. The minimum atomic E-state index is -0.476. The number of benzene rings is 1. The van der Waals surface area contributed by atoms with Crippen LogP contribution in [0.3, 0.4) is 0 Å². The van der Waals surface area contributed by atoms with Crippen molar-refractivity contribution in [1.82, 2.24) is 4.98 Å². The fourth-order valence-corrected chi connectivity index (χ4v) is 1.61. The van der Waals surface area contributed by atoms with Crippen LogP contribution in [-0.2, 0) is 0 Å². The largest absolute Gasteiger partial charge is 0.495 e. The number of nitrogens with one attached hydrogen (secondary N) is 1. The highest BCUT2D eigenvalue weighted by Crippen LogP contribution is 2.28. The van der Waals surface area contributed by atoms with E-state index in [1.807, 2.05) is 6.07 Å². The number of aromatic nitrogens is 1. The van der Waals surface area contributed by atoms with Crippen molar-refractivity contribution in [3.63, 3.8) is 0 Å². The highest BCUT2D eigenvalue weighted by molar-refractivity contribution is 6.04. The molecule has 0 bridgehead atoms. The third-order valence-corrected chi connectivity index (χ3v) is 2.56. The summed E-state index contributed by atoms with van der Waals surface area (Å²) < 4.78 is 10.1. The highest BCUT2D eigenvalue weighted by atomic mass is 16.5. The lowest BCUT2D eigenvalue weighted by molar-refractivity contribution is 0.0995. The summed E-state index contributed by atoms with van der Waals surface area (Å²) in [5, 5.41) is 11.6. The molecule has 2 aromatic rings. The van der Waals surface area contributed by atoms with Crippen LogP contribution in [0.1, 0.15) is 21.8 Å². The van der Waals surface area contributed by atoms with E-state index in [-0.39, 0.29) is 5.76 Å². The number of carbonyl (C=O) groups excluding carboxylic acids is 1. The summed E-state index contributed by atoms with van der Waals surface area (Å²) in [4.78, 5) is 15.9. The van der Waals surface area contributed by atoms with Gasteiger partial charge in [-0.3, -0.25) is 4.79 Å². The van der Waals surface area contributed by atoms with Gasteiger partial charge in [-0.2, -0.15) is 5.26 Å². The Morgan fingerprint density at radius 1 is 1.53 bits per heavy atom. The zero-order valence-corrected chi connectivity index (χ0v) is 10.4. The number of methoxy groups -OCH3 is 1. The molecule has 1 amide bonds. The quantitative estimate of drug-likeness (QED) is 0.909. The lowest BCUT2D eigenvalue weighted by Crippen LogP contribution is -2.14. The molecule has 19 heavy (non-hydrogen) atoms. The molecular formula is C13H11N3O3. The molecule has 1 heterocycles. The average molecular weight is 257 g/mol. The van der Waals surface area contributed by atoms with Gasteiger partial charge >= 0.3 is 0 Å². The van der Waals surface area contributed by atoms with E-state index in [4.69, 9.17) is 14.4 Å². The number of nitriles is 1. The number of aryl methyl sites for hydroxylation is 1. The van der Waals surface area contributed by atoms with Gasteiger partial charge in [-0.15, -0.1) is 0 Å². The molecule has 1 aromatic carbocycles. The Morgan fingerprint density at radius 3 is 2.89 bits per heavy atom. The van der Waals surface area contributed by atoms with Crippen LogP contribution in [-0.4, -0.2) is 18.0 Å². The maximum Gasteiger partial charge on any atom is 0.293 e. The van der Waals surface area contributed by atoms with E-state index in [0.717, 1.165) is 0 Å². The smallest absolute Gasteiger partial charge is 0.293 e. The van der Waals surface area contributed by atoms with Gasteiger partial charge in [0, 0.05) is 0 Å². The normalized spacial score (nSPS) is 9.74. The van der Waals surface area contributed by atoms with Gasteiger partial charge in [0.25, 0.3) is 5.91 Å². The molecule has 0 aliphatic rings. The number of hydrogen-bond acceptors (Lipinski definition) is 5. The van der Waals surface area contributed by atoms with Crippen LogP contribution < -0.4 is 10.1 Å². The number of oxazole rings is 1. The Bertz CT molecular complexity index is 655. The second kappa shape index (κ2) is 5.23. The lowest BCUT2D eigenvalue weighted by atomic mass is 10.1. The molecule has 0 saturated heterocycles. The second-order valence-electron chi connectivity index (χ2n) is 3.72. The first-order valence-corrected chi connectivity index (χ1v) is 5.46. The fraction of sp³-hybridized carbons (Fsp3) is 0.154. The zero-order chi connectivity index (χ0) is 13.8. The second-order valence-corrected chi connectivity index (χ2v) is 3.72. The van der Waals surface area contributed by atoms with Crippen LogP contribution in [0, 0.1) is 18.3 Å². The van der Waals surface area contributed by atoms with Crippen molar-refractivity contribution >= 4 is 11.6 Å². The minimum Gasteiger partial charge on any atom is -0.495 e. The van der Waals surface area contributed by atoms with Gasteiger partial charge in [0.15, 0.2) is 6.39 Å². The topological polar surface area (TPSA) is 88.1 Å². The van der Waals surface area contributed by atoms with Gasteiger partial charge < -0.3 is 14.5 Å². The van der Waals surface area contributed by atoms with Crippen LogP contribution in [0.4, 0.5) is 5.69 Å². The highest BCUT2D eigenvalue weighted by Gasteiger charge is 2.18. The number of hydrogen-bond donors (Lipinski definition) is 1. The van der Waals surface area contributed by atoms with Gasteiger partial charge in [-0.05, 0) is 19.1 Å². The van der Waals surface area contributed by atoms with Crippen molar-refractivity contribution < 1.29 is 13.9 Å². The predicted octanol–water partition coefficient (Wildman–Crippen LogP) is 2.12. The van der Waals surface area contributed by atoms with Gasteiger partial charge in [0.05, 0.1) is 18.4 Å². The van der Waals surface area contributed by atoms with E-state index in [9.17, 15) is 4.79 Å². The first-order valence-electron chi connectivity index (χ1n) is 5.46. The summed E-state index contributed by atoms with van der Waals surface area (Å²) in [7, 11) is 1.46. The van der Waals surface area contributed by atoms with Crippen LogP contribution in [0.15, 0.2) is 29.0 Å². The number of anilines is 1. The number of carbonyl (C=O) groups is 1. The van der Waals surface area contributed by atoms with Crippen molar-refractivity contribution in [1.29, 1.82) is 5.26 Å². The van der Waals surface area contributed by atoms with E-state index < -0.39 is 5.91 Å². The molecule has 1 aromatic heterocycles. The summed E-state index contributed by atoms with van der Waals surface area (Å²) in [6, 6.07) is 6.91. The van der Waals surface area contributed by atoms with Crippen LogP contribution >= 0.6 is 0 Å². The number of rotatable bonds is 3. The van der Waals surface area contributed by atoms with Crippen LogP contribution in [0.2, 0.25) is 0 Å². The molecule has 0 fully saturated rings. The molecule has 6 heteroatoms. The van der Waals surface area contributed by atoms with Crippen LogP contribution in [0.5, 0.6) is 5.75 Å². The minimum absolute atomic E-state index is 0.106. The van der Waals surface area contributed by atoms with E-state index in [1.54, 1.807) is 25.1 Å². The monoisotopic (exact) mass is 257 g/mol. The summed E-state index contributed by atoms with van der Waals surface area (Å²) in [5.74, 6) is 0.0374. The molecule has 0 atom stereocenters. The lowest BCUT2D eigenvalue weighted by Gasteiger charge is -2.10.